The number of benzene rings is 1. The van der Waals surface area contributed by atoms with Crippen molar-refractivity contribution in [2.24, 2.45) is 0 Å². The zero-order chi connectivity index (χ0) is 26.8. The summed E-state index contributed by atoms with van der Waals surface area (Å²) < 4.78 is 19.5. The van der Waals surface area contributed by atoms with E-state index in [2.05, 4.69) is 27.8 Å². The number of aliphatic carboxylic acids is 2. The van der Waals surface area contributed by atoms with Crippen LogP contribution in [0, 0.1) is 0 Å². The van der Waals surface area contributed by atoms with Crippen LogP contribution < -0.4 is 5.32 Å². The minimum absolute atomic E-state index is 0.0185. The van der Waals surface area contributed by atoms with Gasteiger partial charge in [0.05, 0.1) is 5.57 Å². The van der Waals surface area contributed by atoms with Crippen LogP contribution in [0.4, 0.5) is 4.39 Å². The molecule has 0 saturated carbocycles. The summed E-state index contributed by atoms with van der Waals surface area (Å²) in [6, 6.07) is 8.76. The maximum atomic E-state index is 14.6. The van der Waals surface area contributed by atoms with Crippen LogP contribution in [0.5, 0.6) is 0 Å². The van der Waals surface area contributed by atoms with Gasteiger partial charge in [-0.25, -0.2) is 14.0 Å². The topological polar surface area (TPSA) is 113 Å². The summed E-state index contributed by atoms with van der Waals surface area (Å²) >= 11 is 3.47. The Bertz CT molecular complexity index is 944. The van der Waals surface area contributed by atoms with Crippen molar-refractivity contribution in [3.05, 3.63) is 84.3 Å². The van der Waals surface area contributed by atoms with Gasteiger partial charge < -0.3 is 20.3 Å². The number of nitrogens with one attached hydrogen (secondary N) is 1. The van der Waals surface area contributed by atoms with Crippen LogP contribution >= 0.6 is 15.9 Å². The lowest BCUT2D eigenvalue weighted by molar-refractivity contribution is -0.134. The molecule has 0 aliphatic heterocycles. The molecule has 0 amide bonds. The van der Waals surface area contributed by atoms with Crippen LogP contribution in [0.3, 0.4) is 0 Å². The van der Waals surface area contributed by atoms with Crippen molar-refractivity contribution in [3.63, 3.8) is 0 Å². The standard InChI is InChI=1S/C23H29BrFNO2.C4H4O4/c1-2-3-15-26-16-9-4-5-10-17-28-23(24)14-13-20(21(25)18-23)22(27)19-11-7-6-8-12-19;5-3(6)1-2-4(7)8/h2,6-8,11-14,26H,1,3-5,9-10,15-18H2;1-2H,(H,5,6)(H,7,8). The Hall–Kier alpha value is -2.88. The van der Waals surface area contributed by atoms with Gasteiger partial charge in [0.25, 0.3) is 0 Å². The molecule has 2 rings (SSSR count). The molecule has 0 aromatic heterocycles. The number of carbonyl (C=O) groups is 3. The lowest BCUT2D eigenvalue weighted by Gasteiger charge is -2.27. The molecule has 196 valence electrons. The summed E-state index contributed by atoms with van der Waals surface area (Å²) in [4.78, 5) is 31.6. The highest BCUT2D eigenvalue weighted by Gasteiger charge is 2.32. The number of allylic oxidation sites excluding steroid dienone is 2. The maximum Gasteiger partial charge on any atom is 0.328 e. The quantitative estimate of drug-likeness (QED) is 0.0833. The number of hydrogen-bond acceptors (Lipinski definition) is 5. The number of halogens is 2. The Morgan fingerprint density at radius 1 is 1.06 bits per heavy atom. The first-order chi connectivity index (χ1) is 17.2. The molecule has 1 aliphatic rings. The molecule has 0 radical (unpaired) electrons. The average molecular weight is 566 g/mol. The van der Waals surface area contributed by atoms with Crippen LogP contribution in [-0.2, 0) is 14.3 Å². The highest BCUT2D eigenvalue weighted by Crippen LogP contribution is 2.37. The molecule has 9 heteroatoms. The van der Waals surface area contributed by atoms with E-state index in [1.165, 1.54) is 6.08 Å². The minimum atomic E-state index is -1.26. The Morgan fingerprint density at radius 3 is 2.28 bits per heavy atom. The van der Waals surface area contributed by atoms with E-state index in [-0.39, 0.29) is 17.8 Å². The fraction of sp³-hybridized carbons (Fsp3) is 0.370. The molecule has 7 nitrogen and oxygen atoms in total. The van der Waals surface area contributed by atoms with Crippen molar-refractivity contribution in [3.8, 4) is 0 Å². The van der Waals surface area contributed by atoms with E-state index in [4.69, 9.17) is 14.9 Å². The maximum absolute atomic E-state index is 14.6. The Balaban J connectivity index is 0.000000697. The predicted molar refractivity (Wildman–Crippen MR) is 141 cm³/mol. The number of ether oxygens (including phenoxy) is 1. The smallest absolute Gasteiger partial charge is 0.328 e. The Morgan fingerprint density at radius 2 is 1.69 bits per heavy atom. The molecule has 0 bridgehead atoms. The van der Waals surface area contributed by atoms with Crippen LogP contribution in [0.15, 0.2) is 78.7 Å². The molecule has 1 atom stereocenters. The third kappa shape index (κ3) is 13.3. The largest absolute Gasteiger partial charge is 0.478 e. The molecule has 36 heavy (non-hydrogen) atoms. The number of carboxylic acid groups (broad SMARTS) is 2. The highest BCUT2D eigenvalue weighted by atomic mass is 79.9. The minimum Gasteiger partial charge on any atom is -0.478 e. The van der Waals surface area contributed by atoms with E-state index < -0.39 is 22.3 Å². The zero-order valence-electron chi connectivity index (χ0n) is 20.1. The molecule has 0 fully saturated rings. The van der Waals surface area contributed by atoms with Crippen molar-refractivity contribution in [2.75, 3.05) is 19.7 Å². The molecule has 1 aliphatic carbocycles. The summed E-state index contributed by atoms with van der Waals surface area (Å²) in [6.45, 7) is 6.26. The first-order valence-electron chi connectivity index (χ1n) is 11.6. The van der Waals surface area contributed by atoms with Crippen LogP contribution in [-0.4, -0.2) is 52.1 Å². The van der Waals surface area contributed by atoms with Gasteiger partial charge in [-0.2, -0.15) is 0 Å². The van der Waals surface area contributed by atoms with Crippen molar-refractivity contribution < 1.29 is 33.7 Å². The number of carboxylic acids is 2. The normalized spacial score (nSPS) is 16.9. The third-order valence-corrected chi connectivity index (χ3v) is 5.73. The van der Waals surface area contributed by atoms with E-state index in [0.29, 0.717) is 24.3 Å². The van der Waals surface area contributed by atoms with Gasteiger partial charge in [0.2, 0.25) is 0 Å². The highest BCUT2D eigenvalue weighted by molar-refractivity contribution is 9.10. The number of Topliss-reactive ketones (excluding diaryl/α,β-unsaturated/α-hetero) is 1. The second kappa shape index (κ2) is 17.5. The second-order valence-electron chi connectivity index (χ2n) is 7.91. The molecular formula is C27H33BrFNO6. The zero-order valence-corrected chi connectivity index (χ0v) is 21.7. The molecular weight excluding hydrogens is 533 g/mol. The monoisotopic (exact) mass is 565 g/mol. The molecule has 1 aromatic carbocycles. The molecule has 1 unspecified atom stereocenters. The average Bonchev–Trinajstić information content (AvgIpc) is 2.84. The van der Waals surface area contributed by atoms with Crippen LogP contribution in [0.2, 0.25) is 0 Å². The van der Waals surface area contributed by atoms with Crippen molar-refractivity contribution >= 4 is 33.7 Å². The van der Waals surface area contributed by atoms with Crippen molar-refractivity contribution in [1.29, 1.82) is 0 Å². The summed E-state index contributed by atoms with van der Waals surface area (Å²) in [7, 11) is 0. The third-order valence-electron chi connectivity index (χ3n) is 4.95. The van der Waals surface area contributed by atoms with Crippen LogP contribution in [0.25, 0.3) is 0 Å². The molecule has 0 spiro atoms. The SMILES string of the molecule is C=CCCNCCCCCCOC1(Br)C=CC(C(=O)c2ccccc2)=C(F)C1.O=C(O)C=CC(=O)O. The predicted octanol–water partition coefficient (Wildman–Crippen LogP) is 5.60. The molecule has 0 heterocycles. The van der Waals surface area contributed by atoms with E-state index in [9.17, 15) is 18.8 Å². The second-order valence-corrected chi connectivity index (χ2v) is 9.25. The van der Waals surface area contributed by atoms with Gasteiger partial charge >= 0.3 is 11.9 Å². The Labute approximate surface area is 219 Å². The Kier molecular flexibility index (Phi) is 15.2. The molecule has 1 aromatic rings. The number of unbranched alkanes of at least 4 members (excludes halogenated alkanes) is 3. The van der Waals surface area contributed by atoms with E-state index in [0.717, 1.165) is 45.2 Å². The number of ketones is 1. The van der Waals surface area contributed by atoms with Crippen molar-refractivity contribution in [1.82, 2.24) is 5.32 Å². The summed E-state index contributed by atoms with van der Waals surface area (Å²) in [5.41, 5.74) is 0.591. The van der Waals surface area contributed by atoms with Gasteiger partial charge in [0, 0.05) is 30.7 Å². The first-order valence-corrected chi connectivity index (χ1v) is 12.4. The fourth-order valence-electron chi connectivity index (χ4n) is 3.13. The van der Waals surface area contributed by atoms with E-state index in [1.54, 1.807) is 30.3 Å². The van der Waals surface area contributed by atoms with Gasteiger partial charge in [-0.3, -0.25) is 4.79 Å². The molecule has 3 N–H and O–H groups in total. The molecule has 0 saturated heterocycles. The first kappa shape index (κ1) is 31.2. The number of carbonyl (C=O) groups excluding carboxylic acids is 1. The number of alkyl halides is 1. The van der Waals surface area contributed by atoms with E-state index in [1.807, 2.05) is 12.1 Å². The summed E-state index contributed by atoms with van der Waals surface area (Å²) in [6.07, 6.45) is 11.6. The van der Waals surface area contributed by atoms with Crippen LogP contribution in [0.1, 0.15) is 48.9 Å². The van der Waals surface area contributed by atoms with Gasteiger partial charge in [0.1, 0.15) is 10.3 Å². The lowest BCUT2D eigenvalue weighted by Crippen LogP contribution is -2.26. The number of rotatable bonds is 15. The van der Waals surface area contributed by atoms with Gasteiger partial charge in [0.15, 0.2) is 5.78 Å². The number of hydrogen-bond donors (Lipinski definition) is 3. The van der Waals surface area contributed by atoms with Gasteiger partial charge in [-0.15, -0.1) is 6.58 Å². The summed E-state index contributed by atoms with van der Waals surface area (Å²) in [5, 5.41) is 19.0. The van der Waals surface area contributed by atoms with Crippen molar-refractivity contribution in [2.45, 2.75) is 43.0 Å². The van der Waals surface area contributed by atoms with E-state index >= 15 is 0 Å². The van der Waals surface area contributed by atoms with Gasteiger partial charge in [-0.1, -0.05) is 49.2 Å². The fourth-order valence-corrected chi connectivity index (χ4v) is 3.67. The summed E-state index contributed by atoms with van der Waals surface area (Å²) in [5.74, 6) is -3.26. The lowest BCUT2D eigenvalue weighted by atomic mass is 9.96. The van der Waals surface area contributed by atoms with Gasteiger partial charge in [-0.05, 0) is 60.4 Å².